The van der Waals surface area contributed by atoms with Crippen LogP contribution >= 0.6 is 23.2 Å². The molecule has 9 heteroatoms. The summed E-state index contributed by atoms with van der Waals surface area (Å²) in [5, 5.41) is 2.57. The molecule has 0 saturated carbocycles. The second kappa shape index (κ2) is 9.67. The molecule has 34 heavy (non-hydrogen) atoms. The molecule has 0 atom stereocenters. The van der Waals surface area contributed by atoms with Gasteiger partial charge in [-0.3, -0.25) is 14.9 Å². The fraction of sp³-hybridized carbons (Fsp3) is 0.0800. The molecule has 4 amide bonds. The number of anilines is 1. The van der Waals surface area contributed by atoms with Gasteiger partial charge in [0.1, 0.15) is 17.1 Å². The van der Waals surface area contributed by atoms with E-state index in [0.717, 1.165) is 16.0 Å². The minimum absolute atomic E-state index is 0.154. The van der Waals surface area contributed by atoms with E-state index in [4.69, 9.17) is 27.9 Å². The average Bonchev–Trinajstić information content (AvgIpc) is 2.79. The number of rotatable bonds is 5. The molecule has 1 aliphatic rings. The minimum atomic E-state index is -0.895. The standard InChI is InChI=1S/C25H17Cl2FN2O4/c1-34-22-12-15(5-6-16(22)9-14-3-2-4-17(28)10-14)11-19-23(31)29-25(33)30(24(19)32)18-7-8-20(26)21(27)13-18/h2-8,10-13H,9H2,1H3,(H,29,31,33)/b19-11+. The summed E-state index contributed by atoms with van der Waals surface area (Å²) in [6, 6.07) is 14.7. The van der Waals surface area contributed by atoms with E-state index in [2.05, 4.69) is 5.32 Å². The van der Waals surface area contributed by atoms with Gasteiger partial charge in [-0.25, -0.2) is 14.1 Å². The van der Waals surface area contributed by atoms with Gasteiger partial charge in [0.15, 0.2) is 0 Å². The van der Waals surface area contributed by atoms with Crippen LogP contribution in [0.1, 0.15) is 16.7 Å². The summed E-state index contributed by atoms with van der Waals surface area (Å²) < 4.78 is 19.0. The van der Waals surface area contributed by atoms with Crippen molar-refractivity contribution in [2.75, 3.05) is 12.0 Å². The lowest BCUT2D eigenvalue weighted by Crippen LogP contribution is -2.54. The van der Waals surface area contributed by atoms with Crippen LogP contribution in [0.5, 0.6) is 5.75 Å². The van der Waals surface area contributed by atoms with Crippen molar-refractivity contribution < 1.29 is 23.5 Å². The third-order valence-electron chi connectivity index (χ3n) is 5.17. The Morgan fingerprint density at radius 3 is 2.50 bits per heavy atom. The summed E-state index contributed by atoms with van der Waals surface area (Å²) >= 11 is 11.9. The molecule has 1 saturated heterocycles. The van der Waals surface area contributed by atoms with E-state index in [0.29, 0.717) is 17.7 Å². The third-order valence-corrected chi connectivity index (χ3v) is 5.91. The van der Waals surface area contributed by atoms with Crippen molar-refractivity contribution in [3.8, 4) is 5.75 Å². The number of imide groups is 2. The highest BCUT2D eigenvalue weighted by Gasteiger charge is 2.37. The number of benzene rings is 3. The summed E-state index contributed by atoms with van der Waals surface area (Å²) in [6.07, 6.45) is 1.79. The summed E-state index contributed by atoms with van der Waals surface area (Å²) in [7, 11) is 1.49. The van der Waals surface area contributed by atoms with Crippen LogP contribution in [-0.2, 0) is 16.0 Å². The summed E-state index contributed by atoms with van der Waals surface area (Å²) in [5.74, 6) is -1.47. The fourth-order valence-corrected chi connectivity index (χ4v) is 3.84. The molecule has 0 spiro atoms. The average molecular weight is 499 g/mol. The smallest absolute Gasteiger partial charge is 0.335 e. The highest BCUT2D eigenvalue weighted by molar-refractivity contribution is 6.43. The summed E-state index contributed by atoms with van der Waals surface area (Å²) in [5.41, 5.74) is 1.98. The monoisotopic (exact) mass is 498 g/mol. The number of halogens is 3. The number of barbiturate groups is 1. The Hall–Kier alpha value is -3.68. The van der Waals surface area contributed by atoms with Crippen LogP contribution in [0.2, 0.25) is 10.0 Å². The number of carbonyl (C=O) groups is 3. The molecule has 1 N–H and O–H groups in total. The van der Waals surface area contributed by atoms with Crippen molar-refractivity contribution in [2.45, 2.75) is 6.42 Å². The van der Waals surface area contributed by atoms with Crippen molar-refractivity contribution in [3.05, 3.63) is 98.8 Å². The van der Waals surface area contributed by atoms with E-state index < -0.39 is 17.8 Å². The zero-order valence-corrected chi connectivity index (χ0v) is 19.3. The van der Waals surface area contributed by atoms with Crippen molar-refractivity contribution >= 4 is 52.8 Å². The molecule has 1 fully saturated rings. The van der Waals surface area contributed by atoms with Gasteiger partial charge >= 0.3 is 6.03 Å². The first kappa shape index (κ1) is 23.5. The van der Waals surface area contributed by atoms with Gasteiger partial charge in [-0.2, -0.15) is 0 Å². The van der Waals surface area contributed by atoms with Crippen LogP contribution < -0.4 is 15.0 Å². The fourth-order valence-electron chi connectivity index (χ4n) is 3.55. The maximum absolute atomic E-state index is 13.5. The molecule has 3 aromatic carbocycles. The quantitative estimate of drug-likeness (QED) is 0.377. The van der Waals surface area contributed by atoms with E-state index in [1.165, 1.54) is 43.5 Å². The normalized spacial score (nSPS) is 15.0. The lowest BCUT2D eigenvalue weighted by atomic mass is 10.0. The van der Waals surface area contributed by atoms with Crippen LogP contribution in [-0.4, -0.2) is 25.0 Å². The molecule has 0 bridgehead atoms. The molecular weight excluding hydrogens is 482 g/mol. The van der Waals surface area contributed by atoms with E-state index in [1.807, 2.05) is 0 Å². The summed E-state index contributed by atoms with van der Waals surface area (Å²) in [6.45, 7) is 0. The Balaban J connectivity index is 1.66. The molecule has 1 aliphatic heterocycles. The van der Waals surface area contributed by atoms with Crippen molar-refractivity contribution in [1.29, 1.82) is 0 Å². The summed E-state index contributed by atoms with van der Waals surface area (Å²) in [4.78, 5) is 38.7. The van der Waals surface area contributed by atoms with E-state index >= 15 is 0 Å². The van der Waals surface area contributed by atoms with E-state index in [-0.39, 0.29) is 27.1 Å². The topological polar surface area (TPSA) is 75.7 Å². The number of nitrogens with one attached hydrogen (secondary N) is 1. The molecule has 0 aliphatic carbocycles. The first-order valence-corrected chi connectivity index (χ1v) is 10.8. The van der Waals surface area contributed by atoms with Gasteiger partial charge in [-0.1, -0.05) is 47.5 Å². The van der Waals surface area contributed by atoms with Crippen LogP contribution in [0.15, 0.2) is 66.2 Å². The van der Waals surface area contributed by atoms with Crippen LogP contribution in [0.3, 0.4) is 0 Å². The maximum Gasteiger partial charge on any atom is 0.335 e. The molecule has 1 heterocycles. The SMILES string of the molecule is COc1cc(/C=C2\C(=O)NC(=O)N(c3ccc(Cl)c(Cl)c3)C2=O)ccc1Cc1cccc(F)c1. The lowest BCUT2D eigenvalue weighted by Gasteiger charge is -2.26. The largest absolute Gasteiger partial charge is 0.496 e. The number of nitrogens with zero attached hydrogens (tertiary/aromatic N) is 1. The number of methoxy groups -OCH3 is 1. The first-order chi connectivity index (χ1) is 16.3. The number of urea groups is 1. The van der Waals surface area contributed by atoms with Crippen molar-refractivity contribution in [2.24, 2.45) is 0 Å². The molecule has 4 rings (SSSR count). The van der Waals surface area contributed by atoms with Crippen LogP contribution in [0.25, 0.3) is 6.08 Å². The number of amides is 4. The zero-order chi connectivity index (χ0) is 24.4. The molecule has 0 radical (unpaired) electrons. The Kier molecular flexibility index (Phi) is 6.68. The molecule has 3 aromatic rings. The predicted octanol–water partition coefficient (Wildman–Crippen LogP) is 5.40. The molecule has 0 unspecified atom stereocenters. The lowest BCUT2D eigenvalue weighted by molar-refractivity contribution is -0.122. The number of hydrogen-bond acceptors (Lipinski definition) is 4. The zero-order valence-electron chi connectivity index (χ0n) is 17.8. The highest BCUT2D eigenvalue weighted by Crippen LogP contribution is 2.30. The Labute approximate surface area is 204 Å². The molecule has 172 valence electrons. The van der Waals surface area contributed by atoms with Crippen molar-refractivity contribution in [1.82, 2.24) is 5.32 Å². The minimum Gasteiger partial charge on any atom is -0.496 e. The van der Waals surface area contributed by atoms with Gasteiger partial charge in [-0.15, -0.1) is 0 Å². The van der Waals surface area contributed by atoms with E-state index in [9.17, 15) is 18.8 Å². The number of carbonyl (C=O) groups excluding carboxylic acids is 3. The van der Waals surface area contributed by atoms with Gasteiger partial charge in [0.25, 0.3) is 11.8 Å². The second-order valence-electron chi connectivity index (χ2n) is 7.43. The second-order valence-corrected chi connectivity index (χ2v) is 8.25. The van der Waals surface area contributed by atoms with Gasteiger partial charge in [-0.05, 0) is 59.2 Å². The molecular formula is C25H17Cl2FN2O4. The van der Waals surface area contributed by atoms with Gasteiger partial charge in [0.2, 0.25) is 0 Å². The Morgan fingerprint density at radius 2 is 1.79 bits per heavy atom. The number of hydrogen-bond donors (Lipinski definition) is 1. The Morgan fingerprint density at radius 1 is 1.00 bits per heavy atom. The van der Waals surface area contributed by atoms with Crippen LogP contribution in [0, 0.1) is 5.82 Å². The first-order valence-electron chi connectivity index (χ1n) is 10.0. The van der Waals surface area contributed by atoms with E-state index in [1.54, 1.807) is 30.3 Å². The molecule has 6 nitrogen and oxygen atoms in total. The van der Waals surface area contributed by atoms with Crippen LogP contribution in [0.4, 0.5) is 14.9 Å². The number of ether oxygens (including phenoxy) is 1. The highest BCUT2D eigenvalue weighted by atomic mass is 35.5. The molecule has 0 aromatic heterocycles. The Bertz CT molecular complexity index is 1360. The van der Waals surface area contributed by atoms with Gasteiger partial charge in [0, 0.05) is 6.42 Å². The van der Waals surface area contributed by atoms with Crippen molar-refractivity contribution in [3.63, 3.8) is 0 Å². The van der Waals surface area contributed by atoms with Gasteiger partial charge in [0.05, 0.1) is 22.8 Å². The maximum atomic E-state index is 13.5. The predicted molar refractivity (Wildman–Crippen MR) is 128 cm³/mol. The third kappa shape index (κ3) is 4.81. The van der Waals surface area contributed by atoms with Gasteiger partial charge < -0.3 is 4.74 Å².